The van der Waals surface area contributed by atoms with Crippen molar-refractivity contribution in [2.75, 3.05) is 5.32 Å². The molecule has 0 radical (unpaired) electrons. The smallest absolute Gasteiger partial charge is 0.143 e. The molecule has 218 valence electrons. The third-order valence-electron chi connectivity index (χ3n) is 9.12. The van der Waals surface area contributed by atoms with Gasteiger partial charge in [-0.2, -0.15) is 0 Å². The van der Waals surface area contributed by atoms with E-state index >= 15 is 0 Å². The van der Waals surface area contributed by atoms with Crippen LogP contribution in [0, 0.1) is 6.92 Å². The lowest BCUT2D eigenvalue weighted by atomic mass is 9.90. The van der Waals surface area contributed by atoms with Gasteiger partial charge >= 0.3 is 0 Å². The summed E-state index contributed by atoms with van der Waals surface area (Å²) in [6.45, 7) is 2.22. The highest BCUT2D eigenvalue weighted by atomic mass is 16.3. The van der Waals surface area contributed by atoms with Crippen LogP contribution in [0.4, 0.5) is 11.4 Å². The number of rotatable bonds is 5. The summed E-state index contributed by atoms with van der Waals surface area (Å²) < 4.78 is 12.9. The van der Waals surface area contributed by atoms with Crippen LogP contribution in [-0.4, -0.2) is 0 Å². The number of benzene rings is 7. The summed E-state index contributed by atoms with van der Waals surface area (Å²) >= 11 is 0. The Balaban J connectivity index is 1.22. The lowest BCUT2D eigenvalue weighted by Crippen LogP contribution is -1.95. The second-order valence-corrected chi connectivity index (χ2v) is 11.8. The summed E-state index contributed by atoms with van der Waals surface area (Å²) in [4.78, 5) is 0. The van der Waals surface area contributed by atoms with Crippen molar-refractivity contribution in [2.24, 2.45) is 0 Å². The molecule has 0 saturated heterocycles. The van der Waals surface area contributed by atoms with E-state index in [0.717, 1.165) is 71.9 Å². The highest BCUT2D eigenvalue weighted by molar-refractivity contribution is 6.18. The molecule has 0 spiro atoms. The highest BCUT2D eigenvalue weighted by Crippen LogP contribution is 2.44. The second kappa shape index (κ2) is 10.5. The first-order chi connectivity index (χ1) is 22.7. The molecule has 3 heteroatoms. The predicted molar refractivity (Wildman–Crippen MR) is 192 cm³/mol. The molecule has 0 aliphatic rings. The number of fused-ring (bicyclic) bond motifs is 6. The third kappa shape index (κ3) is 4.13. The molecule has 0 aliphatic heterocycles. The van der Waals surface area contributed by atoms with Gasteiger partial charge in [0.2, 0.25) is 0 Å². The zero-order chi connectivity index (χ0) is 30.6. The maximum absolute atomic E-state index is 6.50. The summed E-state index contributed by atoms with van der Waals surface area (Å²) in [5.41, 5.74) is 13.6. The number of hydrogen-bond acceptors (Lipinski definition) is 3. The number of anilines is 2. The Kier molecular flexibility index (Phi) is 6.04. The van der Waals surface area contributed by atoms with Crippen LogP contribution in [0.5, 0.6) is 0 Å². The molecule has 0 amide bonds. The minimum Gasteiger partial charge on any atom is -0.456 e. The van der Waals surface area contributed by atoms with Crippen molar-refractivity contribution < 1.29 is 8.83 Å². The van der Waals surface area contributed by atoms with E-state index in [-0.39, 0.29) is 0 Å². The molecule has 0 bridgehead atoms. The average Bonchev–Trinajstić information content (AvgIpc) is 3.68. The SMILES string of the molecule is Cc1c(-c2ccccc2)cccc1-c1cccc2oc3cccc(Nc4ccccc4-c4cccc5c4oc4ccccc45)c3c12. The van der Waals surface area contributed by atoms with Crippen LogP contribution in [-0.2, 0) is 0 Å². The molecule has 0 saturated carbocycles. The van der Waals surface area contributed by atoms with Crippen LogP contribution in [0.2, 0.25) is 0 Å². The van der Waals surface area contributed by atoms with Crippen LogP contribution in [0.15, 0.2) is 160 Å². The van der Waals surface area contributed by atoms with Crippen LogP contribution in [0.25, 0.3) is 77.3 Å². The van der Waals surface area contributed by atoms with E-state index in [1.54, 1.807) is 0 Å². The fourth-order valence-electron chi connectivity index (χ4n) is 6.98. The second-order valence-electron chi connectivity index (χ2n) is 11.8. The standard InChI is InChI=1S/C43H29NO2/c1-27-29(28-13-3-2-4-14-28)17-9-18-30(27)33-19-11-25-39-41(33)42-37(23-12-26-40(42)45-39)44-36-22-7-5-15-31(36)34-20-10-21-35-32-16-6-8-24-38(32)46-43(34)35/h2-26,44H,1H3. The summed E-state index contributed by atoms with van der Waals surface area (Å²) in [5.74, 6) is 0. The minimum absolute atomic E-state index is 0.848. The average molecular weight is 592 g/mol. The molecule has 3 nitrogen and oxygen atoms in total. The van der Waals surface area contributed by atoms with Crippen LogP contribution in [0.3, 0.4) is 0 Å². The lowest BCUT2D eigenvalue weighted by Gasteiger charge is -2.15. The van der Waals surface area contributed by atoms with Crippen molar-refractivity contribution in [3.05, 3.63) is 157 Å². The van der Waals surface area contributed by atoms with E-state index in [0.29, 0.717) is 0 Å². The third-order valence-corrected chi connectivity index (χ3v) is 9.12. The van der Waals surface area contributed by atoms with Crippen molar-refractivity contribution >= 4 is 55.3 Å². The van der Waals surface area contributed by atoms with Crippen molar-refractivity contribution in [3.8, 4) is 33.4 Å². The Morgan fingerprint density at radius 1 is 0.391 bits per heavy atom. The Morgan fingerprint density at radius 2 is 0.978 bits per heavy atom. The molecule has 9 aromatic rings. The summed E-state index contributed by atoms with van der Waals surface area (Å²) in [5, 5.41) is 8.22. The largest absolute Gasteiger partial charge is 0.456 e. The van der Waals surface area contributed by atoms with Crippen LogP contribution >= 0.6 is 0 Å². The summed E-state index contributed by atoms with van der Waals surface area (Å²) in [6, 6.07) is 52.8. The van der Waals surface area contributed by atoms with Gasteiger partial charge < -0.3 is 14.2 Å². The van der Waals surface area contributed by atoms with E-state index in [2.05, 4.69) is 152 Å². The van der Waals surface area contributed by atoms with E-state index in [1.165, 1.54) is 22.3 Å². The number of nitrogens with one attached hydrogen (secondary N) is 1. The predicted octanol–water partition coefficient (Wildman–Crippen LogP) is 12.5. The molecule has 0 fully saturated rings. The van der Waals surface area contributed by atoms with Crippen molar-refractivity contribution in [2.45, 2.75) is 6.92 Å². The zero-order valence-corrected chi connectivity index (χ0v) is 25.3. The summed E-state index contributed by atoms with van der Waals surface area (Å²) in [7, 11) is 0. The van der Waals surface area contributed by atoms with Crippen molar-refractivity contribution in [1.29, 1.82) is 0 Å². The molecule has 0 unspecified atom stereocenters. The molecule has 2 heterocycles. The van der Waals surface area contributed by atoms with Gasteiger partial charge in [0.25, 0.3) is 0 Å². The Morgan fingerprint density at radius 3 is 1.89 bits per heavy atom. The minimum atomic E-state index is 0.848. The Hall–Kier alpha value is -6.06. The maximum Gasteiger partial charge on any atom is 0.143 e. The highest BCUT2D eigenvalue weighted by Gasteiger charge is 2.19. The first kappa shape index (κ1) is 26.4. The zero-order valence-electron chi connectivity index (χ0n) is 25.3. The molecule has 0 atom stereocenters. The van der Waals surface area contributed by atoms with Crippen molar-refractivity contribution in [3.63, 3.8) is 0 Å². The normalized spacial score (nSPS) is 11.6. The van der Waals surface area contributed by atoms with Gasteiger partial charge in [-0.3, -0.25) is 0 Å². The van der Waals surface area contributed by atoms with Gasteiger partial charge in [-0.1, -0.05) is 121 Å². The van der Waals surface area contributed by atoms with Crippen molar-refractivity contribution in [1.82, 2.24) is 0 Å². The van der Waals surface area contributed by atoms with Crippen LogP contribution < -0.4 is 5.32 Å². The molecule has 9 rings (SSSR count). The fourth-order valence-corrected chi connectivity index (χ4v) is 6.98. The first-order valence-electron chi connectivity index (χ1n) is 15.6. The fraction of sp³-hybridized carbons (Fsp3) is 0.0233. The first-order valence-corrected chi connectivity index (χ1v) is 15.6. The number of furan rings is 2. The van der Waals surface area contributed by atoms with Gasteiger partial charge in [0.1, 0.15) is 22.3 Å². The molecule has 7 aromatic carbocycles. The lowest BCUT2D eigenvalue weighted by molar-refractivity contribution is 0.669. The van der Waals surface area contributed by atoms with Gasteiger partial charge in [0.15, 0.2) is 0 Å². The van der Waals surface area contributed by atoms with E-state index in [1.807, 2.05) is 12.1 Å². The molecular weight excluding hydrogens is 562 g/mol. The molecular formula is C43H29NO2. The van der Waals surface area contributed by atoms with Gasteiger partial charge in [0, 0.05) is 33.0 Å². The Bertz CT molecular complexity index is 2570. The topological polar surface area (TPSA) is 38.3 Å². The molecule has 2 aromatic heterocycles. The monoisotopic (exact) mass is 591 g/mol. The van der Waals surface area contributed by atoms with Gasteiger partial charge in [-0.15, -0.1) is 0 Å². The van der Waals surface area contributed by atoms with E-state index in [9.17, 15) is 0 Å². The maximum atomic E-state index is 6.50. The summed E-state index contributed by atoms with van der Waals surface area (Å²) in [6.07, 6.45) is 0. The van der Waals surface area contributed by atoms with E-state index < -0.39 is 0 Å². The number of para-hydroxylation sites is 3. The Labute approximate surface area is 266 Å². The number of hydrogen-bond donors (Lipinski definition) is 1. The van der Waals surface area contributed by atoms with E-state index in [4.69, 9.17) is 8.83 Å². The molecule has 46 heavy (non-hydrogen) atoms. The van der Waals surface area contributed by atoms with Gasteiger partial charge in [-0.05, 0) is 65.1 Å². The van der Waals surface area contributed by atoms with Gasteiger partial charge in [-0.25, -0.2) is 0 Å². The van der Waals surface area contributed by atoms with Crippen LogP contribution in [0.1, 0.15) is 5.56 Å². The molecule has 1 N–H and O–H groups in total. The van der Waals surface area contributed by atoms with Gasteiger partial charge in [0.05, 0.1) is 11.1 Å². The molecule has 0 aliphatic carbocycles. The quantitative estimate of drug-likeness (QED) is 0.216.